The first kappa shape index (κ1) is 26.4. The molecule has 1 unspecified atom stereocenters. The number of nitrogens with one attached hydrogen (secondary N) is 1. The minimum absolute atomic E-state index is 0.319. The number of nitrogens with zero attached hydrogens (tertiary/aromatic N) is 2. The lowest BCUT2D eigenvalue weighted by Gasteiger charge is -2.43. The Balaban J connectivity index is 1.27. The third kappa shape index (κ3) is 5.93. The quantitative estimate of drug-likeness (QED) is 0.278. The molecule has 5 rings (SSSR count). The molecule has 1 aliphatic rings. The molecular formula is C32H30F3N3O. The topological polar surface area (TPSA) is 35.6 Å². The standard InChI is InChI=1S/C32H30F3N3O/c1-2-26-22-37(20-21-38(26)28-8-4-3-5-9-28)27-18-16-25(17-19-27)36-31(39)30-11-7-6-10-29(30)23-12-14-24(15-13-23)32(33,34)35/h3-19,26H,2,20-22H2,1H3,(H,36,39). The van der Waals surface area contributed by atoms with Crippen molar-refractivity contribution in [3.05, 3.63) is 114 Å². The number of hydrogen-bond acceptors (Lipinski definition) is 3. The average molecular weight is 530 g/mol. The zero-order valence-electron chi connectivity index (χ0n) is 21.7. The van der Waals surface area contributed by atoms with Crippen LogP contribution in [0.4, 0.5) is 30.2 Å². The van der Waals surface area contributed by atoms with E-state index in [0.717, 1.165) is 43.9 Å². The van der Waals surface area contributed by atoms with Gasteiger partial charge in [-0.1, -0.05) is 55.5 Å². The maximum Gasteiger partial charge on any atom is 0.416 e. The number of hydrogen-bond donors (Lipinski definition) is 1. The molecule has 4 aromatic carbocycles. The lowest BCUT2D eigenvalue weighted by atomic mass is 9.98. The van der Waals surface area contributed by atoms with Crippen molar-refractivity contribution in [1.29, 1.82) is 0 Å². The van der Waals surface area contributed by atoms with E-state index in [1.165, 1.54) is 17.8 Å². The fourth-order valence-corrected chi connectivity index (χ4v) is 5.12. The van der Waals surface area contributed by atoms with Crippen molar-refractivity contribution < 1.29 is 18.0 Å². The highest BCUT2D eigenvalue weighted by molar-refractivity contribution is 6.08. The van der Waals surface area contributed by atoms with Crippen LogP contribution in [0, 0.1) is 0 Å². The predicted octanol–water partition coefficient (Wildman–Crippen LogP) is 7.73. The fourth-order valence-electron chi connectivity index (χ4n) is 5.12. The van der Waals surface area contributed by atoms with Gasteiger partial charge in [0.1, 0.15) is 0 Å². The summed E-state index contributed by atoms with van der Waals surface area (Å²) in [7, 11) is 0. The summed E-state index contributed by atoms with van der Waals surface area (Å²) in [6.45, 7) is 4.96. The summed E-state index contributed by atoms with van der Waals surface area (Å²) in [5, 5.41) is 2.94. The van der Waals surface area contributed by atoms with Crippen LogP contribution in [-0.4, -0.2) is 31.6 Å². The van der Waals surface area contributed by atoms with Crippen molar-refractivity contribution in [2.24, 2.45) is 0 Å². The molecule has 1 saturated heterocycles. The third-order valence-corrected chi connectivity index (χ3v) is 7.23. The van der Waals surface area contributed by atoms with Crippen molar-refractivity contribution in [3.8, 4) is 11.1 Å². The highest BCUT2D eigenvalue weighted by Gasteiger charge is 2.30. The van der Waals surface area contributed by atoms with Gasteiger partial charge in [-0.05, 0) is 72.1 Å². The van der Waals surface area contributed by atoms with Gasteiger partial charge in [0.15, 0.2) is 0 Å². The van der Waals surface area contributed by atoms with Crippen LogP contribution in [-0.2, 0) is 6.18 Å². The zero-order chi connectivity index (χ0) is 27.4. The van der Waals surface area contributed by atoms with Crippen molar-refractivity contribution in [2.75, 3.05) is 34.8 Å². The second kappa shape index (κ2) is 11.2. The van der Waals surface area contributed by atoms with Crippen molar-refractivity contribution in [3.63, 3.8) is 0 Å². The molecule has 1 atom stereocenters. The highest BCUT2D eigenvalue weighted by atomic mass is 19.4. The monoisotopic (exact) mass is 529 g/mol. The Morgan fingerprint density at radius 3 is 2.15 bits per heavy atom. The number of piperazine rings is 1. The van der Waals surface area contributed by atoms with Crippen LogP contribution in [0.2, 0.25) is 0 Å². The van der Waals surface area contributed by atoms with E-state index in [9.17, 15) is 18.0 Å². The normalized spacial score (nSPS) is 15.7. The van der Waals surface area contributed by atoms with Gasteiger partial charge in [0.2, 0.25) is 0 Å². The van der Waals surface area contributed by atoms with E-state index in [-0.39, 0.29) is 5.91 Å². The van der Waals surface area contributed by atoms with Gasteiger partial charge in [-0.25, -0.2) is 0 Å². The van der Waals surface area contributed by atoms with Gasteiger partial charge in [-0.3, -0.25) is 4.79 Å². The van der Waals surface area contributed by atoms with Gasteiger partial charge < -0.3 is 15.1 Å². The molecule has 200 valence electrons. The number of carbonyl (C=O) groups excluding carboxylic acids is 1. The lowest BCUT2D eigenvalue weighted by Crippen LogP contribution is -2.53. The SMILES string of the molecule is CCC1CN(c2ccc(NC(=O)c3ccccc3-c3ccc(C(F)(F)F)cc3)cc2)CCN1c1ccccc1. The van der Waals surface area contributed by atoms with Crippen molar-refractivity contribution in [1.82, 2.24) is 0 Å². The van der Waals surface area contributed by atoms with E-state index in [0.29, 0.717) is 28.4 Å². The summed E-state index contributed by atoms with van der Waals surface area (Å²) < 4.78 is 38.9. The molecule has 1 N–H and O–H groups in total. The maximum absolute atomic E-state index is 13.2. The molecule has 0 saturated carbocycles. The smallest absolute Gasteiger partial charge is 0.368 e. The molecule has 1 amide bonds. The van der Waals surface area contributed by atoms with Gasteiger partial charge in [-0.15, -0.1) is 0 Å². The van der Waals surface area contributed by atoms with Crippen LogP contribution in [0.25, 0.3) is 11.1 Å². The summed E-state index contributed by atoms with van der Waals surface area (Å²) in [5.41, 5.74) is 3.79. The number of amides is 1. The van der Waals surface area contributed by atoms with Gasteiger partial charge in [0.05, 0.1) is 5.56 Å². The first-order valence-corrected chi connectivity index (χ1v) is 13.1. The minimum atomic E-state index is -4.41. The van der Waals surface area contributed by atoms with Crippen LogP contribution in [0.15, 0.2) is 103 Å². The minimum Gasteiger partial charge on any atom is -0.368 e. The summed E-state index contributed by atoms with van der Waals surface area (Å²) in [4.78, 5) is 18.0. The fraction of sp³-hybridized carbons (Fsp3) is 0.219. The van der Waals surface area contributed by atoms with Crippen molar-refractivity contribution >= 4 is 23.0 Å². The Labute approximate surface area is 226 Å². The molecule has 1 heterocycles. The Hall–Kier alpha value is -4.26. The van der Waals surface area contributed by atoms with Gasteiger partial charge in [-0.2, -0.15) is 13.2 Å². The summed E-state index contributed by atoms with van der Waals surface area (Å²) >= 11 is 0. The number of alkyl halides is 3. The molecule has 4 aromatic rings. The average Bonchev–Trinajstić information content (AvgIpc) is 2.97. The Kier molecular flexibility index (Phi) is 7.59. The summed E-state index contributed by atoms with van der Waals surface area (Å²) in [6.07, 6.45) is -3.37. The molecule has 0 aliphatic carbocycles. The lowest BCUT2D eigenvalue weighted by molar-refractivity contribution is -0.137. The van der Waals surface area contributed by atoms with Crippen LogP contribution in [0.3, 0.4) is 0 Å². The highest BCUT2D eigenvalue weighted by Crippen LogP contribution is 2.32. The largest absolute Gasteiger partial charge is 0.416 e. The van der Waals surface area contributed by atoms with E-state index in [1.807, 2.05) is 30.3 Å². The maximum atomic E-state index is 13.2. The number of halogens is 3. The van der Waals surface area contributed by atoms with E-state index in [1.54, 1.807) is 24.3 Å². The van der Waals surface area contributed by atoms with Crippen LogP contribution in [0.1, 0.15) is 29.3 Å². The Morgan fingerprint density at radius 1 is 0.821 bits per heavy atom. The second-order valence-electron chi connectivity index (χ2n) is 9.66. The van der Waals surface area contributed by atoms with Crippen LogP contribution >= 0.6 is 0 Å². The predicted molar refractivity (Wildman–Crippen MR) is 151 cm³/mol. The molecule has 0 bridgehead atoms. The molecule has 4 nitrogen and oxygen atoms in total. The Morgan fingerprint density at radius 2 is 1.49 bits per heavy atom. The van der Waals surface area contributed by atoms with Gasteiger partial charge in [0, 0.05) is 48.3 Å². The molecule has 1 aliphatic heterocycles. The first-order valence-electron chi connectivity index (χ1n) is 13.1. The van der Waals surface area contributed by atoms with E-state index >= 15 is 0 Å². The molecular weight excluding hydrogens is 499 g/mol. The summed E-state index contributed by atoms with van der Waals surface area (Å²) in [6, 6.07) is 30.5. The van der Waals surface area contributed by atoms with E-state index in [4.69, 9.17) is 0 Å². The molecule has 39 heavy (non-hydrogen) atoms. The third-order valence-electron chi connectivity index (χ3n) is 7.23. The number of carbonyl (C=O) groups is 1. The first-order chi connectivity index (χ1) is 18.8. The van der Waals surface area contributed by atoms with Crippen LogP contribution < -0.4 is 15.1 Å². The van der Waals surface area contributed by atoms with Gasteiger partial charge in [0.25, 0.3) is 5.91 Å². The van der Waals surface area contributed by atoms with E-state index in [2.05, 4.69) is 46.3 Å². The molecule has 7 heteroatoms. The molecule has 0 radical (unpaired) electrons. The zero-order valence-corrected chi connectivity index (χ0v) is 21.7. The molecule has 0 aromatic heterocycles. The molecule has 0 spiro atoms. The number of anilines is 3. The number of para-hydroxylation sites is 1. The van der Waals surface area contributed by atoms with Crippen LogP contribution in [0.5, 0.6) is 0 Å². The Bertz CT molecular complexity index is 1400. The summed E-state index contributed by atoms with van der Waals surface area (Å²) in [5.74, 6) is -0.319. The van der Waals surface area contributed by atoms with Crippen molar-refractivity contribution in [2.45, 2.75) is 25.6 Å². The molecule has 1 fully saturated rings. The van der Waals surface area contributed by atoms with Gasteiger partial charge >= 0.3 is 6.18 Å². The van der Waals surface area contributed by atoms with E-state index < -0.39 is 11.7 Å². The second-order valence-corrected chi connectivity index (χ2v) is 9.66. The number of rotatable bonds is 6. The number of benzene rings is 4.